The maximum absolute atomic E-state index is 11.3. The minimum Gasteiger partial charge on any atom is -0.482 e. The predicted octanol–water partition coefficient (Wildman–Crippen LogP) is 3.94. The molecular weight excluding hydrogens is 311 g/mol. The lowest BCUT2D eigenvalue weighted by atomic mass is 10.2. The summed E-state index contributed by atoms with van der Waals surface area (Å²) < 4.78 is 5.31. The highest BCUT2D eigenvalue weighted by molar-refractivity contribution is 6.42. The van der Waals surface area contributed by atoms with Crippen molar-refractivity contribution in [3.63, 3.8) is 0 Å². The van der Waals surface area contributed by atoms with Crippen LogP contribution < -0.4 is 15.4 Å². The molecule has 108 valence electrons. The Morgan fingerprint density at radius 3 is 2.81 bits per heavy atom. The second-order valence-electron chi connectivity index (χ2n) is 4.65. The van der Waals surface area contributed by atoms with Crippen LogP contribution in [0.15, 0.2) is 36.4 Å². The van der Waals surface area contributed by atoms with E-state index < -0.39 is 0 Å². The zero-order valence-electron chi connectivity index (χ0n) is 11.0. The van der Waals surface area contributed by atoms with Crippen LogP contribution in [0.5, 0.6) is 5.75 Å². The first kappa shape index (κ1) is 14.0. The molecule has 6 heteroatoms. The Bertz CT molecular complexity index is 704. The average Bonchev–Trinajstić information content (AvgIpc) is 2.48. The van der Waals surface area contributed by atoms with Gasteiger partial charge in [0.25, 0.3) is 5.91 Å². The summed E-state index contributed by atoms with van der Waals surface area (Å²) in [5.74, 6) is 0.527. The van der Waals surface area contributed by atoms with E-state index in [1.165, 1.54) is 0 Å². The fourth-order valence-electron chi connectivity index (χ4n) is 2.05. The van der Waals surface area contributed by atoms with Gasteiger partial charge in [0, 0.05) is 12.2 Å². The van der Waals surface area contributed by atoms with Gasteiger partial charge in [-0.25, -0.2) is 0 Å². The molecule has 1 heterocycles. The van der Waals surface area contributed by atoms with E-state index in [2.05, 4.69) is 10.6 Å². The highest BCUT2D eigenvalue weighted by Crippen LogP contribution is 2.30. The van der Waals surface area contributed by atoms with E-state index in [0.29, 0.717) is 28.0 Å². The second-order valence-corrected chi connectivity index (χ2v) is 5.46. The number of amides is 1. The lowest BCUT2D eigenvalue weighted by Crippen LogP contribution is -2.25. The van der Waals surface area contributed by atoms with Crippen molar-refractivity contribution in [1.29, 1.82) is 0 Å². The second kappa shape index (κ2) is 5.84. The maximum atomic E-state index is 11.3. The third-order valence-electron chi connectivity index (χ3n) is 3.09. The van der Waals surface area contributed by atoms with Crippen LogP contribution in [0.4, 0.5) is 11.4 Å². The van der Waals surface area contributed by atoms with Crippen molar-refractivity contribution in [2.75, 3.05) is 17.2 Å². The molecular formula is C15H12Cl2N2O2. The number of halogens is 2. The minimum atomic E-state index is -0.149. The van der Waals surface area contributed by atoms with E-state index in [-0.39, 0.29) is 12.5 Å². The lowest BCUT2D eigenvalue weighted by molar-refractivity contribution is -0.118. The fourth-order valence-corrected chi connectivity index (χ4v) is 2.37. The Morgan fingerprint density at radius 2 is 2.00 bits per heavy atom. The van der Waals surface area contributed by atoms with Crippen LogP contribution in [0.3, 0.4) is 0 Å². The number of carbonyl (C=O) groups excluding carboxylic acids is 1. The Hall–Kier alpha value is -1.91. The van der Waals surface area contributed by atoms with Crippen LogP contribution in [-0.2, 0) is 11.3 Å². The summed E-state index contributed by atoms with van der Waals surface area (Å²) in [7, 11) is 0. The highest BCUT2D eigenvalue weighted by atomic mass is 35.5. The van der Waals surface area contributed by atoms with Crippen molar-refractivity contribution in [2.45, 2.75) is 6.54 Å². The molecule has 0 saturated heterocycles. The molecule has 1 aliphatic heterocycles. The Labute approximate surface area is 132 Å². The van der Waals surface area contributed by atoms with Crippen LogP contribution >= 0.6 is 23.2 Å². The van der Waals surface area contributed by atoms with Crippen molar-refractivity contribution in [3.8, 4) is 5.75 Å². The topological polar surface area (TPSA) is 50.4 Å². The Kier molecular flexibility index (Phi) is 3.90. The molecule has 2 N–H and O–H groups in total. The number of hydrogen-bond donors (Lipinski definition) is 2. The van der Waals surface area contributed by atoms with Gasteiger partial charge in [-0.2, -0.15) is 0 Å². The van der Waals surface area contributed by atoms with Gasteiger partial charge < -0.3 is 15.4 Å². The molecule has 0 bridgehead atoms. The van der Waals surface area contributed by atoms with E-state index >= 15 is 0 Å². The first-order valence-electron chi connectivity index (χ1n) is 6.36. The number of nitrogens with one attached hydrogen (secondary N) is 2. The first-order chi connectivity index (χ1) is 10.1. The summed E-state index contributed by atoms with van der Waals surface area (Å²) in [6.07, 6.45) is 0. The summed E-state index contributed by atoms with van der Waals surface area (Å²) in [5, 5.41) is 7.10. The van der Waals surface area contributed by atoms with Crippen molar-refractivity contribution in [1.82, 2.24) is 0 Å². The van der Waals surface area contributed by atoms with Gasteiger partial charge in [-0.3, -0.25) is 4.79 Å². The van der Waals surface area contributed by atoms with E-state index in [0.717, 1.165) is 11.3 Å². The molecule has 0 radical (unpaired) electrons. The quantitative estimate of drug-likeness (QED) is 0.900. The Balaban J connectivity index is 1.72. The average molecular weight is 323 g/mol. The molecule has 0 aliphatic carbocycles. The summed E-state index contributed by atoms with van der Waals surface area (Å²) >= 11 is 11.9. The summed E-state index contributed by atoms with van der Waals surface area (Å²) in [5.41, 5.74) is 2.57. The van der Waals surface area contributed by atoms with Crippen molar-refractivity contribution >= 4 is 40.5 Å². The van der Waals surface area contributed by atoms with Crippen molar-refractivity contribution in [2.24, 2.45) is 0 Å². The number of benzene rings is 2. The number of carbonyl (C=O) groups is 1. The summed E-state index contributed by atoms with van der Waals surface area (Å²) in [4.78, 5) is 11.3. The molecule has 1 aliphatic rings. The zero-order valence-corrected chi connectivity index (χ0v) is 12.5. The monoisotopic (exact) mass is 322 g/mol. The molecule has 0 fully saturated rings. The number of anilines is 2. The molecule has 2 aromatic carbocycles. The van der Waals surface area contributed by atoms with E-state index in [9.17, 15) is 4.79 Å². The smallest absolute Gasteiger partial charge is 0.262 e. The van der Waals surface area contributed by atoms with Crippen LogP contribution in [-0.4, -0.2) is 12.5 Å². The minimum absolute atomic E-state index is 0.0586. The molecule has 0 unspecified atom stereocenters. The zero-order chi connectivity index (χ0) is 14.8. The Morgan fingerprint density at radius 1 is 1.14 bits per heavy atom. The van der Waals surface area contributed by atoms with Crippen LogP contribution in [0.1, 0.15) is 5.56 Å². The van der Waals surface area contributed by atoms with Crippen LogP contribution in [0.2, 0.25) is 10.0 Å². The SMILES string of the molecule is O=C1COc2ccc(NCc3ccc(Cl)c(Cl)c3)cc2N1. The van der Waals surface area contributed by atoms with Gasteiger partial charge in [0.1, 0.15) is 5.75 Å². The molecule has 0 spiro atoms. The summed E-state index contributed by atoms with van der Waals surface area (Å²) in [6.45, 7) is 0.660. The third-order valence-corrected chi connectivity index (χ3v) is 3.83. The standard InChI is InChI=1S/C15H12Cl2N2O2/c16-11-3-1-9(5-12(11)17)7-18-10-2-4-14-13(6-10)19-15(20)8-21-14/h1-6,18H,7-8H2,(H,19,20). The molecule has 3 rings (SSSR count). The number of fused-ring (bicyclic) bond motifs is 1. The summed E-state index contributed by atoms with van der Waals surface area (Å²) in [6, 6.07) is 11.1. The first-order valence-corrected chi connectivity index (χ1v) is 7.12. The highest BCUT2D eigenvalue weighted by Gasteiger charge is 2.15. The number of rotatable bonds is 3. The molecule has 0 atom stereocenters. The van der Waals surface area contributed by atoms with Crippen molar-refractivity contribution in [3.05, 3.63) is 52.0 Å². The molecule has 1 amide bonds. The normalized spacial score (nSPS) is 13.1. The van der Waals surface area contributed by atoms with Gasteiger partial charge in [0.05, 0.1) is 15.7 Å². The molecule has 4 nitrogen and oxygen atoms in total. The molecule has 21 heavy (non-hydrogen) atoms. The van der Waals surface area contributed by atoms with Gasteiger partial charge in [-0.1, -0.05) is 29.3 Å². The van der Waals surface area contributed by atoms with E-state index in [1.807, 2.05) is 30.3 Å². The van der Waals surface area contributed by atoms with Gasteiger partial charge in [0.15, 0.2) is 6.61 Å². The number of hydrogen-bond acceptors (Lipinski definition) is 3. The molecule has 0 aromatic heterocycles. The lowest BCUT2D eigenvalue weighted by Gasteiger charge is -2.19. The van der Waals surface area contributed by atoms with E-state index in [1.54, 1.807) is 6.07 Å². The van der Waals surface area contributed by atoms with Crippen LogP contribution in [0, 0.1) is 0 Å². The van der Waals surface area contributed by atoms with E-state index in [4.69, 9.17) is 27.9 Å². The van der Waals surface area contributed by atoms with Gasteiger partial charge in [0.2, 0.25) is 0 Å². The fraction of sp³-hybridized carbons (Fsp3) is 0.133. The predicted molar refractivity (Wildman–Crippen MR) is 84.4 cm³/mol. The molecule has 0 saturated carbocycles. The van der Waals surface area contributed by atoms with Crippen molar-refractivity contribution < 1.29 is 9.53 Å². The van der Waals surface area contributed by atoms with Gasteiger partial charge in [-0.15, -0.1) is 0 Å². The number of ether oxygens (including phenoxy) is 1. The van der Waals surface area contributed by atoms with Gasteiger partial charge in [-0.05, 0) is 35.9 Å². The third kappa shape index (κ3) is 3.23. The maximum Gasteiger partial charge on any atom is 0.262 e. The van der Waals surface area contributed by atoms with Crippen LogP contribution in [0.25, 0.3) is 0 Å². The largest absolute Gasteiger partial charge is 0.482 e. The van der Waals surface area contributed by atoms with Gasteiger partial charge >= 0.3 is 0 Å². The molecule has 2 aromatic rings.